The largest absolute Gasteiger partial charge is 0.396 e. The van der Waals surface area contributed by atoms with E-state index in [1.165, 1.54) is 6.07 Å². The Labute approximate surface area is 182 Å². The smallest absolute Gasteiger partial charge is 0.257 e. The Balaban J connectivity index is 1.90. The summed E-state index contributed by atoms with van der Waals surface area (Å²) in [4.78, 5) is 12.5. The molecule has 3 unspecified atom stereocenters. The van der Waals surface area contributed by atoms with E-state index in [1.54, 1.807) is 43.5 Å². The number of thiocarbonyl (C=S) groups is 1. The van der Waals surface area contributed by atoms with E-state index in [0.717, 1.165) is 5.56 Å². The van der Waals surface area contributed by atoms with Gasteiger partial charge in [0.2, 0.25) is 0 Å². The molecule has 3 rings (SSSR count). The van der Waals surface area contributed by atoms with E-state index in [9.17, 15) is 14.3 Å². The van der Waals surface area contributed by atoms with Gasteiger partial charge < -0.3 is 15.2 Å². The van der Waals surface area contributed by atoms with Crippen molar-refractivity contribution in [2.75, 3.05) is 13.7 Å². The summed E-state index contributed by atoms with van der Waals surface area (Å²) < 4.78 is 19.7. The summed E-state index contributed by atoms with van der Waals surface area (Å²) in [5.74, 6) is -0.956. The summed E-state index contributed by atoms with van der Waals surface area (Å²) in [6.45, 7) is -0.114. The van der Waals surface area contributed by atoms with Crippen LogP contribution in [0.3, 0.4) is 0 Å². The lowest BCUT2D eigenvalue weighted by Gasteiger charge is -2.37. The summed E-state index contributed by atoms with van der Waals surface area (Å²) in [5, 5.41) is 16.1. The number of hydrogen-bond donors (Lipinski definition) is 3. The van der Waals surface area contributed by atoms with Gasteiger partial charge in [0.1, 0.15) is 5.82 Å². The molecule has 0 bridgehead atoms. The van der Waals surface area contributed by atoms with E-state index in [0.29, 0.717) is 22.9 Å². The molecular formula is C21H22BrFN2O3S. The molecule has 0 spiro atoms. The van der Waals surface area contributed by atoms with Crippen LogP contribution in [0.2, 0.25) is 0 Å². The number of methoxy groups -OCH3 is 1. The van der Waals surface area contributed by atoms with Gasteiger partial charge in [0, 0.05) is 31.6 Å². The number of nitrogens with one attached hydrogen (secondary N) is 2. The van der Waals surface area contributed by atoms with Crippen LogP contribution in [-0.2, 0) is 10.3 Å². The first-order valence-corrected chi connectivity index (χ1v) is 10.4. The Hall–Kier alpha value is -1.87. The molecule has 0 radical (unpaired) electrons. The zero-order valence-electron chi connectivity index (χ0n) is 15.8. The second-order valence-corrected chi connectivity index (χ2v) is 8.31. The zero-order chi connectivity index (χ0) is 21.0. The monoisotopic (exact) mass is 480 g/mol. The zero-order valence-corrected chi connectivity index (χ0v) is 18.2. The molecule has 2 aromatic carbocycles. The lowest BCUT2D eigenvalue weighted by Crippen LogP contribution is -2.54. The van der Waals surface area contributed by atoms with E-state index in [2.05, 4.69) is 26.6 Å². The van der Waals surface area contributed by atoms with Gasteiger partial charge in [-0.15, -0.1) is 0 Å². The maximum Gasteiger partial charge on any atom is 0.257 e. The van der Waals surface area contributed by atoms with Gasteiger partial charge in [-0.1, -0.05) is 24.3 Å². The highest BCUT2D eigenvalue weighted by molar-refractivity contribution is 9.10. The number of hydrogen-bond acceptors (Lipinski definition) is 4. The molecule has 154 valence electrons. The number of rotatable bonds is 5. The van der Waals surface area contributed by atoms with Crippen LogP contribution in [-0.4, -0.2) is 35.9 Å². The minimum atomic E-state index is -0.813. The maximum atomic E-state index is 13.8. The van der Waals surface area contributed by atoms with Crippen LogP contribution in [0.5, 0.6) is 0 Å². The Morgan fingerprint density at radius 2 is 2.07 bits per heavy atom. The molecule has 5 nitrogen and oxygen atoms in total. The Morgan fingerprint density at radius 1 is 1.34 bits per heavy atom. The van der Waals surface area contributed by atoms with Crippen LogP contribution in [0.15, 0.2) is 53.0 Å². The topological polar surface area (TPSA) is 70.6 Å². The van der Waals surface area contributed by atoms with Crippen molar-refractivity contribution in [2.24, 2.45) is 5.92 Å². The molecule has 0 saturated heterocycles. The van der Waals surface area contributed by atoms with Gasteiger partial charge in [-0.25, -0.2) is 4.39 Å². The van der Waals surface area contributed by atoms with Crippen molar-refractivity contribution in [3.8, 4) is 0 Å². The van der Waals surface area contributed by atoms with E-state index in [4.69, 9.17) is 17.0 Å². The average Bonchev–Trinajstić information content (AvgIpc) is 3.09. The standard InChI is InChI=1S/C21H22BrFN2O3S/c1-28-16-9-15(12-26)21(11-16,14-7-8-18(23)17(22)10-14)25-20(29)24-19(27)13-5-3-2-4-6-13/h2-8,10,15-16,26H,9,11-12H2,1H3,(H2,24,25,27,29). The first kappa shape index (κ1) is 21.8. The highest BCUT2D eigenvalue weighted by Crippen LogP contribution is 2.45. The fourth-order valence-electron chi connectivity index (χ4n) is 3.89. The van der Waals surface area contributed by atoms with Gasteiger partial charge in [-0.2, -0.15) is 0 Å². The molecule has 1 amide bonds. The van der Waals surface area contributed by atoms with Gasteiger partial charge >= 0.3 is 0 Å². The quantitative estimate of drug-likeness (QED) is 0.571. The molecule has 2 aromatic rings. The van der Waals surface area contributed by atoms with Crippen molar-refractivity contribution >= 4 is 39.2 Å². The number of aliphatic hydroxyl groups excluding tert-OH is 1. The SMILES string of the molecule is COC1CC(CO)C(NC(=S)NC(=O)c2ccccc2)(c2ccc(F)c(Br)c2)C1. The molecule has 0 aliphatic heterocycles. The molecular weight excluding hydrogens is 459 g/mol. The highest BCUT2D eigenvalue weighted by Gasteiger charge is 2.49. The lowest BCUT2D eigenvalue weighted by molar-refractivity contribution is 0.0973. The molecule has 1 fully saturated rings. The van der Waals surface area contributed by atoms with Gasteiger partial charge in [0.05, 0.1) is 16.1 Å². The number of halogens is 2. The number of carbonyl (C=O) groups is 1. The first-order valence-electron chi connectivity index (χ1n) is 9.17. The molecule has 1 aliphatic carbocycles. The van der Waals surface area contributed by atoms with Crippen LogP contribution in [0.4, 0.5) is 4.39 Å². The summed E-state index contributed by atoms with van der Waals surface area (Å²) in [5.41, 5.74) is 0.419. The van der Waals surface area contributed by atoms with Crippen LogP contribution in [0.25, 0.3) is 0 Å². The molecule has 3 atom stereocenters. The summed E-state index contributed by atoms with van der Waals surface area (Å²) in [7, 11) is 1.62. The fraction of sp³-hybridized carbons (Fsp3) is 0.333. The average molecular weight is 481 g/mol. The number of aliphatic hydroxyl groups is 1. The third-order valence-corrected chi connectivity index (χ3v) is 6.19. The molecule has 3 N–H and O–H groups in total. The molecule has 1 saturated carbocycles. The van der Waals surface area contributed by atoms with Crippen LogP contribution in [0, 0.1) is 11.7 Å². The number of ether oxygens (including phenoxy) is 1. The molecule has 0 heterocycles. The third-order valence-electron chi connectivity index (χ3n) is 5.38. The van der Waals surface area contributed by atoms with E-state index in [-0.39, 0.29) is 35.5 Å². The molecule has 8 heteroatoms. The van der Waals surface area contributed by atoms with E-state index in [1.807, 2.05) is 6.07 Å². The lowest BCUT2D eigenvalue weighted by atomic mass is 9.80. The number of benzene rings is 2. The number of carbonyl (C=O) groups excluding carboxylic acids is 1. The predicted octanol–water partition coefficient (Wildman–Crippen LogP) is 3.51. The molecule has 0 aromatic heterocycles. The Kier molecular flexibility index (Phi) is 7.00. The minimum Gasteiger partial charge on any atom is -0.396 e. The summed E-state index contributed by atoms with van der Waals surface area (Å²) in [6.07, 6.45) is 0.995. The second-order valence-electron chi connectivity index (χ2n) is 7.05. The van der Waals surface area contributed by atoms with Crippen molar-refractivity contribution in [3.05, 3.63) is 69.9 Å². The van der Waals surface area contributed by atoms with E-state index >= 15 is 0 Å². The normalized spacial score (nSPS) is 23.6. The Bertz CT molecular complexity index is 899. The summed E-state index contributed by atoms with van der Waals surface area (Å²) in [6, 6.07) is 13.4. The van der Waals surface area contributed by atoms with Gasteiger partial charge in [0.15, 0.2) is 5.11 Å². The molecule has 29 heavy (non-hydrogen) atoms. The molecule has 1 aliphatic rings. The third kappa shape index (κ3) is 4.66. The van der Waals surface area contributed by atoms with Crippen LogP contribution < -0.4 is 10.6 Å². The second kappa shape index (κ2) is 9.30. The van der Waals surface area contributed by atoms with Crippen LogP contribution in [0.1, 0.15) is 28.8 Å². The summed E-state index contributed by atoms with van der Waals surface area (Å²) >= 11 is 8.65. The first-order chi connectivity index (χ1) is 13.9. The van der Waals surface area contributed by atoms with Gasteiger partial charge in [0.25, 0.3) is 5.91 Å². The maximum absolute atomic E-state index is 13.8. The van der Waals surface area contributed by atoms with Crippen molar-refractivity contribution in [3.63, 3.8) is 0 Å². The Morgan fingerprint density at radius 3 is 2.69 bits per heavy atom. The van der Waals surface area contributed by atoms with Crippen molar-refractivity contribution in [1.82, 2.24) is 10.6 Å². The minimum absolute atomic E-state index is 0.114. The van der Waals surface area contributed by atoms with Crippen molar-refractivity contribution < 1.29 is 19.0 Å². The van der Waals surface area contributed by atoms with E-state index < -0.39 is 5.54 Å². The van der Waals surface area contributed by atoms with Crippen molar-refractivity contribution in [2.45, 2.75) is 24.5 Å². The predicted molar refractivity (Wildman–Crippen MR) is 116 cm³/mol. The van der Waals surface area contributed by atoms with Crippen LogP contribution >= 0.6 is 28.1 Å². The van der Waals surface area contributed by atoms with Gasteiger partial charge in [-0.05, 0) is 64.4 Å². The van der Waals surface area contributed by atoms with Crippen molar-refractivity contribution in [1.29, 1.82) is 0 Å². The fourth-order valence-corrected chi connectivity index (χ4v) is 4.54. The number of amides is 1. The van der Waals surface area contributed by atoms with Gasteiger partial charge in [-0.3, -0.25) is 10.1 Å². The highest BCUT2D eigenvalue weighted by atomic mass is 79.9.